The molecule has 118 valence electrons. The first kappa shape index (κ1) is 18.9. The molecule has 5 heteroatoms. The Labute approximate surface area is 122 Å². The van der Waals surface area contributed by atoms with Crippen LogP contribution in [0.15, 0.2) is 0 Å². The number of rotatable bonds is 12. The highest BCUT2D eigenvalue weighted by Crippen LogP contribution is 2.17. The van der Waals surface area contributed by atoms with Crippen LogP contribution in [0.2, 0.25) is 0 Å². The molecule has 0 spiro atoms. The van der Waals surface area contributed by atoms with E-state index in [4.69, 9.17) is 10.8 Å². The standard InChI is InChI=1S/C15H30N2O3/c1-3-5-13(8-9-16)6-7-14(18)17-11-12(4-2)10-15(19)20/h12-13H,3-11,16H2,1-2H3,(H,17,18)(H,19,20). The zero-order valence-electron chi connectivity index (χ0n) is 12.9. The second-order valence-corrected chi connectivity index (χ2v) is 5.45. The van der Waals surface area contributed by atoms with Gasteiger partial charge in [0.2, 0.25) is 5.91 Å². The van der Waals surface area contributed by atoms with E-state index in [9.17, 15) is 9.59 Å². The second-order valence-electron chi connectivity index (χ2n) is 5.45. The third-order valence-corrected chi connectivity index (χ3v) is 3.68. The Morgan fingerprint density at radius 2 is 1.85 bits per heavy atom. The molecule has 0 aliphatic carbocycles. The van der Waals surface area contributed by atoms with Crippen molar-refractivity contribution in [2.24, 2.45) is 17.6 Å². The van der Waals surface area contributed by atoms with Crippen molar-refractivity contribution in [3.05, 3.63) is 0 Å². The predicted octanol–water partition coefficient (Wildman–Crippen LogP) is 2.15. The van der Waals surface area contributed by atoms with Crippen molar-refractivity contribution in [1.82, 2.24) is 5.32 Å². The summed E-state index contributed by atoms with van der Waals surface area (Å²) in [4.78, 5) is 22.4. The van der Waals surface area contributed by atoms with Gasteiger partial charge in [-0.3, -0.25) is 9.59 Å². The number of aliphatic carboxylic acids is 1. The third-order valence-electron chi connectivity index (χ3n) is 3.68. The van der Waals surface area contributed by atoms with Crippen LogP contribution < -0.4 is 11.1 Å². The number of carboxylic acids is 1. The Kier molecular flexibility index (Phi) is 11.1. The molecule has 0 fully saturated rings. The van der Waals surface area contributed by atoms with Crippen molar-refractivity contribution in [3.63, 3.8) is 0 Å². The summed E-state index contributed by atoms with van der Waals surface area (Å²) in [5, 5.41) is 11.6. The van der Waals surface area contributed by atoms with Crippen molar-refractivity contribution in [2.75, 3.05) is 13.1 Å². The van der Waals surface area contributed by atoms with Gasteiger partial charge in [0.1, 0.15) is 0 Å². The fraction of sp³-hybridized carbons (Fsp3) is 0.867. The molecule has 0 aromatic carbocycles. The summed E-state index contributed by atoms with van der Waals surface area (Å²) in [5.74, 6) is -0.243. The third kappa shape index (κ3) is 9.78. The van der Waals surface area contributed by atoms with Crippen LogP contribution in [0.5, 0.6) is 0 Å². The van der Waals surface area contributed by atoms with E-state index >= 15 is 0 Å². The molecular formula is C15H30N2O3. The summed E-state index contributed by atoms with van der Waals surface area (Å²) in [7, 11) is 0. The fourth-order valence-electron chi connectivity index (χ4n) is 2.37. The van der Waals surface area contributed by atoms with Crippen LogP contribution in [0.25, 0.3) is 0 Å². The minimum atomic E-state index is -0.808. The molecule has 5 nitrogen and oxygen atoms in total. The molecule has 0 bridgehead atoms. The monoisotopic (exact) mass is 286 g/mol. The maximum Gasteiger partial charge on any atom is 0.303 e. The molecule has 2 atom stereocenters. The van der Waals surface area contributed by atoms with Gasteiger partial charge >= 0.3 is 5.97 Å². The van der Waals surface area contributed by atoms with Crippen molar-refractivity contribution in [3.8, 4) is 0 Å². The topological polar surface area (TPSA) is 92.4 Å². The number of carbonyl (C=O) groups excluding carboxylic acids is 1. The smallest absolute Gasteiger partial charge is 0.303 e. The summed E-state index contributed by atoms with van der Waals surface area (Å²) >= 11 is 0. The number of hydrogen-bond donors (Lipinski definition) is 3. The van der Waals surface area contributed by atoms with Crippen LogP contribution in [-0.4, -0.2) is 30.1 Å². The highest BCUT2D eigenvalue weighted by molar-refractivity contribution is 5.76. The van der Waals surface area contributed by atoms with E-state index in [1.807, 2.05) is 6.92 Å². The normalized spacial score (nSPS) is 13.8. The molecule has 0 aliphatic rings. The van der Waals surface area contributed by atoms with Crippen LogP contribution in [0.3, 0.4) is 0 Å². The van der Waals surface area contributed by atoms with Gasteiger partial charge in [0, 0.05) is 19.4 Å². The Hall–Kier alpha value is -1.10. The van der Waals surface area contributed by atoms with E-state index in [-0.39, 0.29) is 18.2 Å². The minimum absolute atomic E-state index is 0.0203. The first-order valence-electron chi connectivity index (χ1n) is 7.71. The quantitative estimate of drug-likeness (QED) is 0.512. The molecular weight excluding hydrogens is 256 g/mol. The molecule has 0 radical (unpaired) electrons. The van der Waals surface area contributed by atoms with Crippen molar-refractivity contribution >= 4 is 11.9 Å². The molecule has 0 saturated heterocycles. The van der Waals surface area contributed by atoms with E-state index in [2.05, 4.69) is 12.2 Å². The number of carboxylic acid groups (broad SMARTS) is 1. The highest BCUT2D eigenvalue weighted by Gasteiger charge is 2.14. The van der Waals surface area contributed by atoms with Crippen LogP contribution in [0.4, 0.5) is 0 Å². The first-order chi connectivity index (χ1) is 9.53. The van der Waals surface area contributed by atoms with Crippen molar-refractivity contribution < 1.29 is 14.7 Å². The average molecular weight is 286 g/mol. The number of amides is 1. The lowest BCUT2D eigenvalue weighted by Crippen LogP contribution is -2.30. The number of nitrogens with two attached hydrogens (primary N) is 1. The lowest BCUT2D eigenvalue weighted by Gasteiger charge is -2.16. The van der Waals surface area contributed by atoms with Crippen molar-refractivity contribution in [2.45, 2.75) is 58.8 Å². The van der Waals surface area contributed by atoms with Gasteiger partial charge < -0.3 is 16.2 Å². The summed E-state index contributed by atoms with van der Waals surface area (Å²) in [6.45, 7) is 5.21. The summed E-state index contributed by atoms with van der Waals surface area (Å²) < 4.78 is 0. The van der Waals surface area contributed by atoms with Gasteiger partial charge in [-0.2, -0.15) is 0 Å². The number of nitrogens with one attached hydrogen (secondary N) is 1. The molecule has 0 rings (SSSR count). The summed E-state index contributed by atoms with van der Waals surface area (Å²) in [6, 6.07) is 0. The molecule has 1 amide bonds. The van der Waals surface area contributed by atoms with E-state index in [1.165, 1.54) is 0 Å². The Balaban J connectivity index is 3.93. The first-order valence-corrected chi connectivity index (χ1v) is 7.71. The maximum atomic E-state index is 11.8. The van der Waals surface area contributed by atoms with Gasteiger partial charge in [-0.15, -0.1) is 0 Å². The molecule has 20 heavy (non-hydrogen) atoms. The molecule has 0 saturated carbocycles. The van der Waals surface area contributed by atoms with Crippen molar-refractivity contribution in [1.29, 1.82) is 0 Å². The van der Waals surface area contributed by atoms with Crippen LogP contribution in [0, 0.1) is 11.8 Å². The summed E-state index contributed by atoms with van der Waals surface area (Å²) in [5.41, 5.74) is 5.57. The zero-order valence-corrected chi connectivity index (χ0v) is 12.9. The van der Waals surface area contributed by atoms with E-state index in [0.717, 1.165) is 32.1 Å². The van der Waals surface area contributed by atoms with Crippen LogP contribution in [0.1, 0.15) is 58.8 Å². The van der Waals surface area contributed by atoms with E-state index < -0.39 is 5.97 Å². The lowest BCUT2D eigenvalue weighted by atomic mass is 9.94. The van der Waals surface area contributed by atoms with Gasteiger partial charge in [0.05, 0.1) is 0 Å². The molecule has 0 aromatic heterocycles. The number of hydrogen-bond acceptors (Lipinski definition) is 3. The largest absolute Gasteiger partial charge is 0.481 e. The Bertz CT molecular complexity index is 276. The molecule has 0 heterocycles. The minimum Gasteiger partial charge on any atom is -0.481 e. The van der Waals surface area contributed by atoms with Gasteiger partial charge in [-0.1, -0.05) is 33.1 Å². The maximum absolute atomic E-state index is 11.8. The van der Waals surface area contributed by atoms with Gasteiger partial charge in [0.15, 0.2) is 0 Å². The highest BCUT2D eigenvalue weighted by atomic mass is 16.4. The van der Waals surface area contributed by atoms with Gasteiger partial charge in [-0.25, -0.2) is 0 Å². The molecule has 0 aromatic rings. The van der Waals surface area contributed by atoms with E-state index in [0.29, 0.717) is 25.4 Å². The predicted molar refractivity (Wildman–Crippen MR) is 80.3 cm³/mol. The molecule has 4 N–H and O–H groups in total. The van der Waals surface area contributed by atoms with Gasteiger partial charge in [-0.05, 0) is 31.2 Å². The Morgan fingerprint density at radius 1 is 1.15 bits per heavy atom. The summed E-state index contributed by atoms with van der Waals surface area (Å²) in [6.07, 6.45) is 5.45. The second kappa shape index (κ2) is 11.7. The SMILES string of the molecule is CCCC(CCN)CCC(=O)NCC(CC)CC(=O)O. The van der Waals surface area contributed by atoms with Crippen LogP contribution >= 0.6 is 0 Å². The molecule has 2 unspecified atom stereocenters. The fourth-order valence-corrected chi connectivity index (χ4v) is 2.37. The Morgan fingerprint density at radius 3 is 2.35 bits per heavy atom. The average Bonchev–Trinajstić information content (AvgIpc) is 2.40. The van der Waals surface area contributed by atoms with E-state index in [1.54, 1.807) is 0 Å². The number of carbonyl (C=O) groups is 2. The zero-order chi connectivity index (χ0) is 15.4. The van der Waals surface area contributed by atoms with Gasteiger partial charge in [0.25, 0.3) is 0 Å². The van der Waals surface area contributed by atoms with Crippen LogP contribution in [-0.2, 0) is 9.59 Å². The molecule has 0 aliphatic heterocycles. The lowest BCUT2D eigenvalue weighted by molar-refractivity contribution is -0.138.